The Morgan fingerprint density at radius 1 is 1.37 bits per heavy atom. The van der Waals surface area contributed by atoms with E-state index in [-0.39, 0.29) is 11.4 Å². The largest absolute Gasteiger partial charge is 0.382 e. The molecular formula is C15H20FNO2. The normalized spacial score (nSPS) is 30.7. The number of hydrogen-bond donors (Lipinski definition) is 1. The van der Waals surface area contributed by atoms with Crippen molar-refractivity contribution in [1.29, 1.82) is 0 Å². The molecule has 0 saturated carbocycles. The van der Waals surface area contributed by atoms with Crippen LogP contribution in [0.1, 0.15) is 24.8 Å². The monoisotopic (exact) mass is 265 g/mol. The third-order valence-corrected chi connectivity index (χ3v) is 4.19. The molecule has 0 amide bonds. The van der Waals surface area contributed by atoms with Gasteiger partial charge in [0.15, 0.2) is 0 Å². The molecule has 0 aliphatic carbocycles. The average Bonchev–Trinajstić information content (AvgIpc) is 2.83. The highest BCUT2D eigenvalue weighted by Crippen LogP contribution is 2.34. The second-order valence-electron chi connectivity index (χ2n) is 5.58. The lowest BCUT2D eigenvalue weighted by atomic mass is 9.89. The van der Waals surface area contributed by atoms with Crippen LogP contribution in [-0.2, 0) is 9.47 Å². The van der Waals surface area contributed by atoms with E-state index in [2.05, 4.69) is 5.32 Å². The quantitative estimate of drug-likeness (QED) is 0.892. The second-order valence-corrected chi connectivity index (χ2v) is 5.58. The van der Waals surface area contributed by atoms with Crippen LogP contribution in [-0.4, -0.2) is 31.5 Å². The Labute approximate surface area is 113 Å². The lowest BCUT2D eigenvalue weighted by Crippen LogP contribution is -2.45. The van der Waals surface area contributed by atoms with Gasteiger partial charge in [-0.3, -0.25) is 0 Å². The minimum atomic E-state index is -0.157. The molecule has 2 aliphatic rings. The summed E-state index contributed by atoms with van der Waals surface area (Å²) < 4.78 is 24.9. The van der Waals surface area contributed by atoms with Gasteiger partial charge in [0.05, 0.1) is 12.2 Å². The zero-order valence-corrected chi connectivity index (χ0v) is 11.2. The highest BCUT2D eigenvalue weighted by atomic mass is 19.1. The van der Waals surface area contributed by atoms with Crippen LogP contribution in [0.25, 0.3) is 0 Å². The van der Waals surface area contributed by atoms with E-state index in [4.69, 9.17) is 9.47 Å². The molecule has 19 heavy (non-hydrogen) atoms. The number of anilines is 1. The molecule has 0 aromatic heterocycles. The number of halogens is 1. The van der Waals surface area contributed by atoms with Gasteiger partial charge in [0.1, 0.15) is 5.82 Å². The molecule has 0 bridgehead atoms. The smallest absolute Gasteiger partial charge is 0.128 e. The zero-order valence-electron chi connectivity index (χ0n) is 11.2. The number of hydrogen-bond acceptors (Lipinski definition) is 3. The van der Waals surface area contributed by atoms with Gasteiger partial charge >= 0.3 is 0 Å². The van der Waals surface area contributed by atoms with Crippen LogP contribution in [0, 0.1) is 12.7 Å². The van der Waals surface area contributed by atoms with Crippen molar-refractivity contribution < 1.29 is 13.9 Å². The molecule has 3 nitrogen and oxygen atoms in total. The van der Waals surface area contributed by atoms with Crippen LogP contribution < -0.4 is 5.32 Å². The van der Waals surface area contributed by atoms with Crippen LogP contribution >= 0.6 is 0 Å². The Hall–Kier alpha value is -1.13. The van der Waals surface area contributed by atoms with E-state index in [1.165, 1.54) is 6.07 Å². The minimum absolute atomic E-state index is 0.114. The number of rotatable bonds is 2. The van der Waals surface area contributed by atoms with Gasteiger partial charge in [-0.15, -0.1) is 0 Å². The fraction of sp³-hybridized carbons (Fsp3) is 0.600. The maximum absolute atomic E-state index is 13.5. The highest BCUT2D eigenvalue weighted by Gasteiger charge is 2.41. The molecule has 2 aliphatic heterocycles. The Morgan fingerprint density at radius 3 is 3.05 bits per heavy atom. The number of benzene rings is 1. The van der Waals surface area contributed by atoms with Gasteiger partial charge in [-0.25, -0.2) is 4.39 Å². The molecule has 1 aromatic rings. The van der Waals surface area contributed by atoms with Gasteiger partial charge in [0, 0.05) is 36.9 Å². The predicted octanol–water partition coefficient (Wildman–Crippen LogP) is 2.88. The summed E-state index contributed by atoms with van der Waals surface area (Å²) in [6, 6.07) is 5.51. The Morgan fingerprint density at radius 2 is 2.26 bits per heavy atom. The maximum atomic E-state index is 13.5. The summed E-state index contributed by atoms with van der Waals surface area (Å²) in [5.41, 5.74) is 1.46. The molecule has 2 saturated heterocycles. The van der Waals surface area contributed by atoms with Crippen molar-refractivity contribution in [3.05, 3.63) is 29.6 Å². The number of nitrogens with one attached hydrogen (secondary N) is 1. The second kappa shape index (κ2) is 5.10. The van der Waals surface area contributed by atoms with Gasteiger partial charge in [0.2, 0.25) is 0 Å². The van der Waals surface area contributed by atoms with Crippen LogP contribution in [0.3, 0.4) is 0 Å². The van der Waals surface area contributed by atoms with Gasteiger partial charge in [-0.1, -0.05) is 6.07 Å². The van der Waals surface area contributed by atoms with E-state index in [1.807, 2.05) is 13.0 Å². The van der Waals surface area contributed by atoms with Crippen LogP contribution in [0.2, 0.25) is 0 Å². The summed E-state index contributed by atoms with van der Waals surface area (Å²) in [7, 11) is 0. The van der Waals surface area contributed by atoms with Crippen LogP contribution in [0.4, 0.5) is 10.1 Å². The van der Waals surface area contributed by atoms with Crippen molar-refractivity contribution in [3.8, 4) is 0 Å². The average molecular weight is 265 g/mol. The predicted molar refractivity (Wildman–Crippen MR) is 71.9 cm³/mol. The lowest BCUT2D eigenvalue weighted by molar-refractivity contribution is -0.0828. The van der Waals surface area contributed by atoms with Crippen molar-refractivity contribution in [3.63, 3.8) is 0 Å². The zero-order chi connectivity index (χ0) is 13.3. The van der Waals surface area contributed by atoms with Crippen molar-refractivity contribution in [1.82, 2.24) is 0 Å². The molecule has 2 unspecified atom stereocenters. The summed E-state index contributed by atoms with van der Waals surface area (Å²) in [4.78, 5) is 0. The van der Waals surface area contributed by atoms with Gasteiger partial charge in [0.25, 0.3) is 0 Å². The Kier molecular flexibility index (Phi) is 3.46. The first kappa shape index (κ1) is 12.9. The number of ether oxygens (including phenoxy) is 2. The molecule has 104 valence electrons. The first-order valence-corrected chi connectivity index (χ1v) is 6.92. The molecule has 2 fully saturated rings. The third kappa shape index (κ3) is 2.60. The highest BCUT2D eigenvalue weighted by molar-refractivity contribution is 5.51. The molecular weight excluding hydrogens is 245 g/mol. The van der Waals surface area contributed by atoms with Gasteiger partial charge in [-0.05, 0) is 31.9 Å². The van der Waals surface area contributed by atoms with Crippen molar-refractivity contribution in [2.45, 2.75) is 37.8 Å². The van der Waals surface area contributed by atoms with Crippen molar-refractivity contribution in [2.75, 3.05) is 25.1 Å². The van der Waals surface area contributed by atoms with Crippen molar-refractivity contribution >= 4 is 5.69 Å². The summed E-state index contributed by atoms with van der Waals surface area (Å²) in [5.74, 6) is -0.157. The SMILES string of the molecule is Cc1c(F)cccc1NC1CCOC2(CCOC2)C1. The summed E-state index contributed by atoms with van der Waals surface area (Å²) in [5, 5.41) is 3.47. The maximum Gasteiger partial charge on any atom is 0.128 e. The van der Waals surface area contributed by atoms with E-state index < -0.39 is 0 Å². The molecule has 1 aromatic carbocycles. The van der Waals surface area contributed by atoms with E-state index >= 15 is 0 Å². The molecule has 1 N–H and O–H groups in total. The molecule has 0 radical (unpaired) electrons. The summed E-state index contributed by atoms with van der Waals surface area (Å²) >= 11 is 0. The summed E-state index contributed by atoms with van der Waals surface area (Å²) in [6.07, 6.45) is 2.86. The molecule has 2 heterocycles. The first-order chi connectivity index (χ1) is 9.19. The Bertz CT molecular complexity index is 457. The van der Waals surface area contributed by atoms with Gasteiger partial charge < -0.3 is 14.8 Å². The van der Waals surface area contributed by atoms with Crippen molar-refractivity contribution in [2.24, 2.45) is 0 Å². The fourth-order valence-electron chi connectivity index (χ4n) is 3.00. The fourth-order valence-corrected chi connectivity index (χ4v) is 3.00. The van der Waals surface area contributed by atoms with E-state index in [0.29, 0.717) is 18.2 Å². The summed E-state index contributed by atoms with van der Waals surface area (Å²) in [6.45, 7) is 4.03. The molecule has 4 heteroatoms. The van der Waals surface area contributed by atoms with Gasteiger partial charge in [-0.2, -0.15) is 0 Å². The molecule has 3 rings (SSSR count). The molecule has 2 atom stereocenters. The van der Waals surface area contributed by atoms with Crippen LogP contribution in [0.5, 0.6) is 0 Å². The topological polar surface area (TPSA) is 30.5 Å². The lowest BCUT2D eigenvalue weighted by Gasteiger charge is -2.38. The third-order valence-electron chi connectivity index (χ3n) is 4.19. The van der Waals surface area contributed by atoms with Crippen LogP contribution in [0.15, 0.2) is 18.2 Å². The van der Waals surface area contributed by atoms with E-state index in [1.54, 1.807) is 6.07 Å². The molecule has 1 spiro atoms. The first-order valence-electron chi connectivity index (χ1n) is 6.92. The minimum Gasteiger partial charge on any atom is -0.382 e. The van der Waals surface area contributed by atoms with E-state index in [9.17, 15) is 4.39 Å². The standard InChI is InChI=1S/C15H20FNO2/c1-11-13(16)3-2-4-14(11)17-12-5-7-19-15(9-12)6-8-18-10-15/h2-4,12,17H,5-10H2,1H3. The Balaban J connectivity index is 1.71. The van der Waals surface area contributed by atoms with E-state index in [0.717, 1.165) is 38.2 Å².